The Kier molecular flexibility index (Phi) is 3.92. The molecule has 2 heterocycles. The molecule has 1 saturated heterocycles. The van der Waals surface area contributed by atoms with Crippen molar-refractivity contribution in [3.8, 4) is 0 Å². The van der Waals surface area contributed by atoms with Crippen molar-refractivity contribution in [2.75, 3.05) is 22.1 Å². The van der Waals surface area contributed by atoms with Crippen molar-refractivity contribution in [1.82, 2.24) is 0 Å². The van der Waals surface area contributed by atoms with Gasteiger partial charge in [-0.2, -0.15) is 0 Å². The molecule has 0 aromatic heterocycles. The molecule has 0 bridgehead atoms. The molecule has 2 aliphatic rings. The van der Waals surface area contributed by atoms with Gasteiger partial charge < -0.3 is 15.5 Å². The summed E-state index contributed by atoms with van der Waals surface area (Å²) in [7, 11) is 0. The van der Waals surface area contributed by atoms with E-state index in [0.29, 0.717) is 5.56 Å². The Morgan fingerprint density at radius 2 is 2.04 bits per heavy atom. The van der Waals surface area contributed by atoms with Crippen LogP contribution in [0.5, 0.6) is 0 Å². The van der Waals surface area contributed by atoms with Crippen LogP contribution < -0.4 is 15.5 Å². The summed E-state index contributed by atoms with van der Waals surface area (Å²) >= 11 is 0. The van der Waals surface area contributed by atoms with E-state index in [9.17, 15) is 9.59 Å². The molecule has 0 unspecified atom stereocenters. The summed E-state index contributed by atoms with van der Waals surface area (Å²) in [6.07, 6.45) is 2.88. The van der Waals surface area contributed by atoms with E-state index < -0.39 is 0 Å². The number of anilines is 3. The maximum absolute atomic E-state index is 12.5. The maximum atomic E-state index is 12.5. The van der Waals surface area contributed by atoms with Crippen molar-refractivity contribution in [3.63, 3.8) is 0 Å². The van der Waals surface area contributed by atoms with Gasteiger partial charge in [0, 0.05) is 17.8 Å². The first kappa shape index (κ1) is 15.7. The van der Waals surface area contributed by atoms with Crippen LogP contribution in [-0.4, -0.2) is 24.4 Å². The van der Waals surface area contributed by atoms with E-state index >= 15 is 0 Å². The number of rotatable bonds is 3. The van der Waals surface area contributed by atoms with E-state index in [-0.39, 0.29) is 17.9 Å². The van der Waals surface area contributed by atoms with Gasteiger partial charge in [-0.3, -0.25) is 9.59 Å². The zero-order valence-corrected chi connectivity index (χ0v) is 14.2. The van der Waals surface area contributed by atoms with Gasteiger partial charge >= 0.3 is 0 Å². The number of hydrogen-bond acceptors (Lipinski definition) is 3. The predicted octanol–water partition coefficient (Wildman–Crippen LogP) is 3.42. The van der Waals surface area contributed by atoms with Crippen LogP contribution in [-0.2, 0) is 11.2 Å². The number of carbonyl (C=O) groups is 2. The zero-order valence-electron chi connectivity index (χ0n) is 14.2. The highest BCUT2D eigenvalue weighted by atomic mass is 16.2. The van der Waals surface area contributed by atoms with Crippen molar-refractivity contribution in [3.05, 3.63) is 53.6 Å². The van der Waals surface area contributed by atoms with Gasteiger partial charge in [0.15, 0.2) is 0 Å². The first-order valence-corrected chi connectivity index (χ1v) is 8.77. The summed E-state index contributed by atoms with van der Waals surface area (Å²) in [6.45, 7) is 2.99. The van der Waals surface area contributed by atoms with Crippen LogP contribution in [0.4, 0.5) is 17.1 Å². The van der Waals surface area contributed by atoms with Gasteiger partial charge in [0.1, 0.15) is 6.04 Å². The molecule has 2 amide bonds. The molecular formula is C20H21N3O2. The van der Waals surface area contributed by atoms with Crippen LogP contribution in [0.15, 0.2) is 42.5 Å². The number of carbonyl (C=O) groups excluding carboxylic acids is 2. The summed E-state index contributed by atoms with van der Waals surface area (Å²) in [5.41, 5.74) is 4.26. The Morgan fingerprint density at radius 3 is 2.80 bits per heavy atom. The number of hydrogen-bond donors (Lipinski definition) is 2. The lowest BCUT2D eigenvalue weighted by molar-refractivity contribution is -0.117. The van der Waals surface area contributed by atoms with E-state index in [0.717, 1.165) is 42.9 Å². The lowest BCUT2D eigenvalue weighted by Crippen LogP contribution is -2.43. The highest BCUT2D eigenvalue weighted by Gasteiger charge is 2.36. The minimum Gasteiger partial charge on any atom is -0.358 e. The Bertz CT molecular complexity index is 829. The van der Waals surface area contributed by atoms with E-state index in [2.05, 4.69) is 22.5 Å². The molecule has 2 aromatic rings. The number of nitrogens with one attached hydrogen (secondary N) is 2. The minimum absolute atomic E-state index is 0.0257. The summed E-state index contributed by atoms with van der Waals surface area (Å²) in [4.78, 5) is 26.9. The van der Waals surface area contributed by atoms with Crippen molar-refractivity contribution < 1.29 is 9.59 Å². The highest BCUT2D eigenvalue weighted by Crippen LogP contribution is 2.37. The van der Waals surface area contributed by atoms with Crippen LogP contribution in [0.1, 0.15) is 35.7 Å². The number of fused-ring (bicyclic) bond motifs is 3. The second-order valence-electron chi connectivity index (χ2n) is 6.58. The van der Waals surface area contributed by atoms with Crippen LogP contribution in [0, 0.1) is 0 Å². The van der Waals surface area contributed by atoms with E-state index in [1.54, 1.807) is 6.07 Å². The third-order valence-corrected chi connectivity index (χ3v) is 5.00. The molecule has 2 N–H and O–H groups in total. The molecule has 2 aliphatic heterocycles. The van der Waals surface area contributed by atoms with Crippen LogP contribution in [0.2, 0.25) is 0 Å². The third kappa shape index (κ3) is 2.86. The normalized spacial score (nSPS) is 18.4. The molecule has 25 heavy (non-hydrogen) atoms. The molecule has 5 heteroatoms. The van der Waals surface area contributed by atoms with Crippen molar-refractivity contribution >= 4 is 28.9 Å². The monoisotopic (exact) mass is 335 g/mol. The highest BCUT2D eigenvalue weighted by molar-refractivity contribution is 6.08. The van der Waals surface area contributed by atoms with Crippen molar-refractivity contribution in [2.45, 2.75) is 32.2 Å². The fourth-order valence-corrected chi connectivity index (χ4v) is 3.60. The van der Waals surface area contributed by atoms with Crippen molar-refractivity contribution in [1.29, 1.82) is 0 Å². The average molecular weight is 335 g/mol. The molecule has 1 atom stereocenters. The van der Waals surface area contributed by atoms with Crippen LogP contribution in [0.3, 0.4) is 0 Å². The molecule has 4 rings (SSSR count). The molecule has 0 saturated carbocycles. The number of amides is 2. The number of nitrogens with zero attached hydrogens (tertiary/aromatic N) is 1. The molecule has 2 aromatic carbocycles. The maximum Gasteiger partial charge on any atom is 0.255 e. The molecule has 0 radical (unpaired) electrons. The second-order valence-corrected chi connectivity index (χ2v) is 6.58. The molecule has 1 fully saturated rings. The topological polar surface area (TPSA) is 61.4 Å². The van der Waals surface area contributed by atoms with Gasteiger partial charge in [0.25, 0.3) is 5.91 Å². The fourth-order valence-electron chi connectivity index (χ4n) is 3.60. The van der Waals surface area contributed by atoms with Gasteiger partial charge in [0.2, 0.25) is 5.91 Å². The molecule has 5 nitrogen and oxygen atoms in total. The van der Waals surface area contributed by atoms with Gasteiger partial charge in [-0.05, 0) is 55.2 Å². The van der Waals surface area contributed by atoms with E-state index in [1.165, 1.54) is 5.56 Å². The standard InChI is InChI=1S/C20H21N3O2/c1-2-13-5-8-15(9-6-13)21-19(24)14-7-10-17-16(12-14)22-20(25)18-4-3-11-23(17)18/h5-10,12,18H,2-4,11H2,1H3,(H,21,24)(H,22,25)/t18-/m0/s1. The van der Waals surface area contributed by atoms with E-state index in [1.807, 2.05) is 36.4 Å². The first-order chi connectivity index (χ1) is 12.2. The lowest BCUT2D eigenvalue weighted by atomic mass is 10.1. The average Bonchev–Trinajstić information content (AvgIpc) is 3.12. The van der Waals surface area contributed by atoms with Gasteiger partial charge in [-0.15, -0.1) is 0 Å². The quantitative estimate of drug-likeness (QED) is 0.903. The summed E-state index contributed by atoms with van der Waals surface area (Å²) < 4.78 is 0. The van der Waals surface area contributed by atoms with Gasteiger partial charge in [-0.25, -0.2) is 0 Å². The van der Waals surface area contributed by atoms with Crippen LogP contribution >= 0.6 is 0 Å². The molecule has 0 spiro atoms. The smallest absolute Gasteiger partial charge is 0.255 e. The van der Waals surface area contributed by atoms with E-state index in [4.69, 9.17) is 0 Å². The van der Waals surface area contributed by atoms with Crippen molar-refractivity contribution in [2.24, 2.45) is 0 Å². The van der Waals surface area contributed by atoms with Crippen LogP contribution in [0.25, 0.3) is 0 Å². The minimum atomic E-state index is -0.176. The largest absolute Gasteiger partial charge is 0.358 e. The molecular weight excluding hydrogens is 314 g/mol. The SMILES string of the molecule is CCc1ccc(NC(=O)c2ccc3c(c2)NC(=O)[C@@H]2CCCN32)cc1. The summed E-state index contributed by atoms with van der Waals surface area (Å²) in [5.74, 6) is -0.150. The number of benzene rings is 2. The second kappa shape index (κ2) is 6.24. The Morgan fingerprint density at radius 1 is 1.24 bits per heavy atom. The summed E-state index contributed by atoms with van der Waals surface area (Å²) in [6, 6.07) is 13.3. The lowest BCUT2D eigenvalue weighted by Gasteiger charge is -2.33. The van der Waals surface area contributed by atoms with Gasteiger partial charge in [-0.1, -0.05) is 19.1 Å². The third-order valence-electron chi connectivity index (χ3n) is 5.00. The molecule has 128 valence electrons. The fraction of sp³-hybridized carbons (Fsp3) is 0.300. The van der Waals surface area contributed by atoms with Gasteiger partial charge in [0.05, 0.1) is 11.4 Å². The Hall–Kier alpha value is -2.82. The Labute approximate surface area is 147 Å². The summed E-state index contributed by atoms with van der Waals surface area (Å²) in [5, 5.41) is 5.85. The zero-order chi connectivity index (χ0) is 17.4. The number of aryl methyl sites for hydroxylation is 1. The Balaban J connectivity index is 1.56. The predicted molar refractivity (Wildman–Crippen MR) is 99.2 cm³/mol. The first-order valence-electron chi connectivity index (χ1n) is 8.77. The molecule has 0 aliphatic carbocycles.